The molecule has 0 aliphatic heterocycles. The summed E-state index contributed by atoms with van der Waals surface area (Å²) in [6, 6.07) is 2.97. The molecule has 0 fully saturated rings. The Morgan fingerprint density at radius 2 is 2.00 bits per heavy atom. The van der Waals surface area contributed by atoms with E-state index in [-0.39, 0.29) is 5.56 Å². The molecule has 0 saturated carbocycles. The van der Waals surface area contributed by atoms with Crippen molar-refractivity contribution in [3.8, 4) is 0 Å². The lowest BCUT2D eigenvalue weighted by Gasteiger charge is -2.17. The van der Waals surface area contributed by atoms with Crippen molar-refractivity contribution in [2.45, 2.75) is 19.3 Å². The molecule has 0 spiro atoms. The smallest absolute Gasteiger partial charge is 0.256 e. The highest BCUT2D eigenvalue weighted by Crippen LogP contribution is 2.12. The molecule has 3 nitrogen and oxygen atoms in total. The van der Waals surface area contributed by atoms with Crippen LogP contribution in [-0.2, 0) is 0 Å². The third-order valence-corrected chi connectivity index (χ3v) is 2.71. The lowest BCUT2D eigenvalue weighted by Crippen LogP contribution is -2.28. The molecular formula is C13H18F2N2O. The summed E-state index contributed by atoms with van der Waals surface area (Å²) in [7, 11) is 1.60. The van der Waals surface area contributed by atoms with E-state index in [9.17, 15) is 13.6 Å². The molecule has 0 aliphatic carbocycles. The van der Waals surface area contributed by atoms with Crippen LogP contribution in [0.3, 0.4) is 0 Å². The first-order chi connectivity index (χ1) is 8.56. The lowest BCUT2D eigenvalue weighted by molar-refractivity contribution is 0.0788. The number of halogens is 2. The summed E-state index contributed by atoms with van der Waals surface area (Å²) in [5, 5.41) is 0. The SMILES string of the molecule is CN(CCCCCN)C(=O)c1ccc(F)cc1F. The van der Waals surface area contributed by atoms with Crippen LogP contribution in [0.2, 0.25) is 0 Å². The molecule has 5 heteroatoms. The van der Waals surface area contributed by atoms with Gasteiger partial charge in [0.1, 0.15) is 11.6 Å². The summed E-state index contributed by atoms with van der Waals surface area (Å²) in [6.07, 6.45) is 2.66. The fraction of sp³-hybridized carbons (Fsp3) is 0.462. The molecular weight excluding hydrogens is 238 g/mol. The number of hydrogen-bond donors (Lipinski definition) is 1. The molecule has 0 atom stereocenters. The number of unbranched alkanes of at least 4 members (excludes halogenated alkanes) is 2. The Morgan fingerprint density at radius 3 is 2.61 bits per heavy atom. The van der Waals surface area contributed by atoms with E-state index in [4.69, 9.17) is 5.73 Å². The number of nitrogens with two attached hydrogens (primary N) is 1. The zero-order valence-electron chi connectivity index (χ0n) is 10.5. The van der Waals surface area contributed by atoms with E-state index < -0.39 is 17.5 Å². The third-order valence-electron chi connectivity index (χ3n) is 2.71. The van der Waals surface area contributed by atoms with E-state index in [1.54, 1.807) is 7.05 Å². The number of carbonyl (C=O) groups is 1. The van der Waals surface area contributed by atoms with Crippen molar-refractivity contribution in [2.75, 3.05) is 20.1 Å². The Bertz CT molecular complexity index is 410. The normalized spacial score (nSPS) is 10.4. The lowest BCUT2D eigenvalue weighted by atomic mass is 10.1. The van der Waals surface area contributed by atoms with Gasteiger partial charge in [-0.2, -0.15) is 0 Å². The van der Waals surface area contributed by atoms with Gasteiger partial charge in [-0.3, -0.25) is 4.79 Å². The number of hydrogen-bond acceptors (Lipinski definition) is 2. The average molecular weight is 256 g/mol. The molecule has 1 aromatic carbocycles. The summed E-state index contributed by atoms with van der Waals surface area (Å²) >= 11 is 0. The van der Waals surface area contributed by atoms with E-state index in [0.717, 1.165) is 31.4 Å². The molecule has 18 heavy (non-hydrogen) atoms. The van der Waals surface area contributed by atoms with Crippen molar-refractivity contribution in [2.24, 2.45) is 5.73 Å². The maximum Gasteiger partial charge on any atom is 0.256 e. The van der Waals surface area contributed by atoms with E-state index in [1.807, 2.05) is 0 Å². The maximum atomic E-state index is 13.4. The van der Waals surface area contributed by atoms with Gasteiger partial charge in [-0.15, -0.1) is 0 Å². The molecule has 0 heterocycles. The van der Waals surface area contributed by atoms with Crippen molar-refractivity contribution in [3.05, 3.63) is 35.4 Å². The second kappa shape index (κ2) is 7.06. The van der Waals surface area contributed by atoms with Gasteiger partial charge in [0.2, 0.25) is 0 Å². The first-order valence-electron chi connectivity index (χ1n) is 5.97. The number of nitrogens with zero attached hydrogens (tertiary/aromatic N) is 1. The monoisotopic (exact) mass is 256 g/mol. The minimum Gasteiger partial charge on any atom is -0.342 e. The second-order valence-electron chi connectivity index (χ2n) is 4.20. The number of amides is 1. The van der Waals surface area contributed by atoms with Gasteiger partial charge in [0.15, 0.2) is 0 Å². The minimum absolute atomic E-state index is 0.0993. The first kappa shape index (κ1) is 14.6. The van der Waals surface area contributed by atoms with Crippen LogP contribution >= 0.6 is 0 Å². The summed E-state index contributed by atoms with van der Waals surface area (Å²) in [5.41, 5.74) is 5.27. The Labute approximate surface area is 106 Å². The molecule has 1 rings (SSSR count). The zero-order valence-corrected chi connectivity index (χ0v) is 10.5. The number of benzene rings is 1. The highest BCUT2D eigenvalue weighted by molar-refractivity contribution is 5.94. The second-order valence-corrected chi connectivity index (χ2v) is 4.20. The van der Waals surface area contributed by atoms with Crippen LogP contribution in [0.15, 0.2) is 18.2 Å². The maximum absolute atomic E-state index is 13.4. The molecule has 0 aliphatic rings. The minimum atomic E-state index is -0.825. The van der Waals surface area contributed by atoms with Crippen LogP contribution in [0.4, 0.5) is 8.78 Å². The van der Waals surface area contributed by atoms with Gasteiger partial charge < -0.3 is 10.6 Å². The van der Waals surface area contributed by atoms with Crippen LogP contribution in [0.25, 0.3) is 0 Å². The molecule has 0 bridgehead atoms. The highest BCUT2D eigenvalue weighted by Gasteiger charge is 2.16. The van der Waals surface area contributed by atoms with Crippen LogP contribution in [0.1, 0.15) is 29.6 Å². The summed E-state index contributed by atoms with van der Waals surface area (Å²) in [6.45, 7) is 1.17. The molecule has 0 aromatic heterocycles. The van der Waals surface area contributed by atoms with Gasteiger partial charge >= 0.3 is 0 Å². The molecule has 0 saturated heterocycles. The van der Waals surface area contributed by atoms with Gasteiger partial charge in [0, 0.05) is 19.7 Å². The third kappa shape index (κ3) is 4.07. The highest BCUT2D eigenvalue weighted by atomic mass is 19.1. The molecule has 1 aromatic rings. The van der Waals surface area contributed by atoms with E-state index in [2.05, 4.69) is 0 Å². The van der Waals surface area contributed by atoms with Gasteiger partial charge in [0.05, 0.1) is 5.56 Å². The predicted molar refractivity (Wildman–Crippen MR) is 66.2 cm³/mol. The number of carbonyl (C=O) groups excluding carboxylic acids is 1. The van der Waals surface area contributed by atoms with Crippen molar-refractivity contribution in [3.63, 3.8) is 0 Å². The standard InChI is InChI=1S/C13H18F2N2O/c1-17(8-4-2-3-7-16)13(18)11-6-5-10(14)9-12(11)15/h5-6,9H,2-4,7-8,16H2,1H3. The Kier molecular flexibility index (Phi) is 5.71. The van der Waals surface area contributed by atoms with Crippen LogP contribution in [-0.4, -0.2) is 30.9 Å². The van der Waals surface area contributed by atoms with Crippen molar-refractivity contribution < 1.29 is 13.6 Å². The van der Waals surface area contributed by atoms with Crippen molar-refractivity contribution in [1.82, 2.24) is 4.90 Å². The Balaban J connectivity index is 2.57. The van der Waals surface area contributed by atoms with E-state index in [1.165, 1.54) is 11.0 Å². The van der Waals surface area contributed by atoms with Gasteiger partial charge in [0.25, 0.3) is 5.91 Å². The van der Waals surface area contributed by atoms with Crippen LogP contribution in [0.5, 0.6) is 0 Å². The quantitative estimate of drug-likeness (QED) is 0.793. The largest absolute Gasteiger partial charge is 0.342 e. The molecule has 0 radical (unpaired) electrons. The summed E-state index contributed by atoms with van der Waals surface area (Å²) in [4.78, 5) is 13.3. The van der Waals surface area contributed by atoms with Gasteiger partial charge in [-0.05, 0) is 31.5 Å². The summed E-state index contributed by atoms with van der Waals surface area (Å²) in [5.74, 6) is -1.94. The van der Waals surface area contributed by atoms with Crippen LogP contribution < -0.4 is 5.73 Å². The average Bonchev–Trinajstić information content (AvgIpc) is 2.33. The zero-order chi connectivity index (χ0) is 13.5. The number of rotatable bonds is 6. The predicted octanol–water partition coefficient (Wildman–Crippen LogP) is 2.17. The first-order valence-corrected chi connectivity index (χ1v) is 5.97. The Hall–Kier alpha value is -1.49. The van der Waals surface area contributed by atoms with Crippen molar-refractivity contribution in [1.29, 1.82) is 0 Å². The summed E-state index contributed by atoms with van der Waals surface area (Å²) < 4.78 is 26.1. The van der Waals surface area contributed by atoms with E-state index >= 15 is 0 Å². The van der Waals surface area contributed by atoms with Crippen molar-refractivity contribution >= 4 is 5.91 Å². The topological polar surface area (TPSA) is 46.3 Å². The molecule has 100 valence electrons. The van der Waals surface area contributed by atoms with Crippen LogP contribution in [0, 0.1) is 11.6 Å². The fourth-order valence-corrected chi connectivity index (χ4v) is 1.64. The molecule has 0 unspecified atom stereocenters. The molecule has 1 amide bonds. The van der Waals surface area contributed by atoms with E-state index in [0.29, 0.717) is 13.1 Å². The Morgan fingerprint density at radius 1 is 1.28 bits per heavy atom. The van der Waals surface area contributed by atoms with Gasteiger partial charge in [-0.25, -0.2) is 8.78 Å². The molecule has 2 N–H and O–H groups in total. The van der Waals surface area contributed by atoms with Gasteiger partial charge in [-0.1, -0.05) is 6.42 Å². The fourth-order valence-electron chi connectivity index (χ4n) is 1.64.